The number of nitrogens with two attached hydrogens (primary N) is 4. The van der Waals surface area contributed by atoms with Crippen molar-refractivity contribution in [1.29, 1.82) is 0 Å². The van der Waals surface area contributed by atoms with Crippen molar-refractivity contribution in [2.45, 2.75) is 6.42 Å². The summed E-state index contributed by atoms with van der Waals surface area (Å²) in [5.41, 5.74) is 27.4. The Morgan fingerprint density at radius 3 is 2.13 bits per heavy atom. The summed E-state index contributed by atoms with van der Waals surface area (Å²) >= 11 is 0. The smallest absolute Gasteiger partial charge is 0.215 e. The van der Waals surface area contributed by atoms with Gasteiger partial charge in [-0.1, -0.05) is 0 Å². The van der Waals surface area contributed by atoms with E-state index < -0.39 is 0 Å². The molecule has 8 N–H and O–H groups in total. The Morgan fingerprint density at radius 2 is 1.53 bits per heavy atom. The van der Waals surface area contributed by atoms with Crippen molar-refractivity contribution in [3.63, 3.8) is 0 Å². The number of ether oxygens (including phenoxy) is 3. The predicted octanol–water partition coefficient (Wildman–Crippen LogP) is 2.37. The molecule has 0 bridgehead atoms. The fourth-order valence-electron chi connectivity index (χ4n) is 2.56. The van der Waals surface area contributed by atoms with Crippen LogP contribution < -0.4 is 32.4 Å². The average molecular weight is 412 g/mol. The van der Waals surface area contributed by atoms with Crippen molar-refractivity contribution in [3.05, 3.63) is 48.3 Å². The largest absolute Gasteiger partial charge is 0.497 e. The molecule has 0 atom stereocenters. The number of rotatable bonds is 6. The van der Waals surface area contributed by atoms with Crippen LogP contribution in [0.5, 0.6) is 11.6 Å². The van der Waals surface area contributed by atoms with E-state index in [1.165, 1.54) is 7.11 Å². The molecule has 2 heterocycles. The third-order valence-electron chi connectivity index (χ3n) is 4.29. The highest BCUT2D eigenvalue weighted by atomic mass is 16.5. The molecule has 9 nitrogen and oxygen atoms in total. The zero-order valence-electron chi connectivity index (χ0n) is 17.4. The first-order chi connectivity index (χ1) is 14.4. The Balaban J connectivity index is 0.000000216. The molecule has 1 aromatic carbocycles. The third kappa shape index (κ3) is 5.65. The van der Waals surface area contributed by atoms with Crippen LogP contribution in [0.2, 0.25) is 0 Å². The van der Waals surface area contributed by atoms with Gasteiger partial charge in [0, 0.05) is 31.4 Å². The Morgan fingerprint density at radius 1 is 0.833 bits per heavy atom. The van der Waals surface area contributed by atoms with Crippen LogP contribution in [0.25, 0.3) is 11.3 Å². The summed E-state index contributed by atoms with van der Waals surface area (Å²) in [6.07, 6.45) is 2.27. The van der Waals surface area contributed by atoms with Crippen molar-refractivity contribution >= 4 is 22.7 Å². The minimum absolute atomic E-state index is 0.475. The van der Waals surface area contributed by atoms with Crippen LogP contribution in [0.3, 0.4) is 0 Å². The lowest BCUT2D eigenvalue weighted by molar-refractivity contribution is 0.201. The fourth-order valence-corrected chi connectivity index (χ4v) is 2.56. The zero-order chi connectivity index (χ0) is 22.1. The molecule has 9 heteroatoms. The number of nitrogens with zero attached hydrogens (tertiary/aromatic N) is 2. The Bertz CT molecular complexity index is 964. The van der Waals surface area contributed by atoms with E-state index in [-0.39, 0.29) is 0 Å². The number of hydrogen-bond donors (Lipinski definition) is 4. The van der Waals surface area contributed by atoms with E-state index in [1.807, 2.05) is 24.3 Å². The minimum Gasteiger partial charge on any atom is -0.497 e. The van der Waals surface area contributed by atoms with Crippen LogP contribution in [-0.4, -0.2) is 37.9 Å². The third-order valence-corrected chi connectivity index (χ3v) is 4.29. The van der Waals surface area contributed by atoms with E-state index in [9.17, 15) is 0 Å². The Kier molecular flexibility index (Phi) is 8.07. The van der Waals surface area contributed by atoms with Gasteiger partial charge in [-0.25, -0.2) is 4.98 Å². The van der Waals surface area contributed by atoms with Gasteiger partial charge >= 0.3 is 0 Å². The first-order valence-electron chi connectivity index (χ1n) is 9.13. The standard InChI is InChI=1S/C12H13N3O.C9H15N3O2/c1-16-9-4-2-8(3-5-9)12-11(14)10(13)6-7-15-12;1-13-4-3-7-9(11)6(10)5-8(12-7)14-2/h2-7H,14H2,1H3,(H2,13,15);5H,3-4,11H2,1-2H3,(H2,10,12). The normalized spacial score (nSPS) is 10.1. The van der Waals surface area contributed by atoms with Gasteiger partial charge in [0.05, 0.1) is 55.0 Å². The van der Waals surface area contributed by atoms with Crippen LogP contribution in [0.4, 0.5) is 22.7 Å². The number of aromatic nitrogens is 2. The maximum absolute atomic E-state index is 5.87. The maximum Gasteiger partial charge on any atom is 0.215 e. The van der Waals surface area contributed by atoms with E-state index in [1.54, 1.807) is 32.5 Å². The highest BCUT2D eigenvalue weighted by Gasteiger charge is 2.08. The number of anilines is 4. The Labute approximate surface area is 176 Å². The minimum atomic E-state index is 0.475. The van der Waals surface area contributed by atoms with Crippen LogP contribution in [0.15, 0.2) is 42.6 Å². The molecule has 160 valence electrons. The molecule has 0 unspecified atom stereocenters. The van der Waals surface area contributed by atoms with Gasteiger partial charge in [-0.15, -0.1) is 0 Å². The second kappa shape index (κ2) is 10.7. The number of pyridine rings is 2. The van der Waals surface area contributed by atoms with Crippen molar-refractivity contribution < 1.29 is 14.2 Å². The average Bonchev–Trinajstić information content (AvgIpc) is 2.77. The molecular formula is C21H28N6O3. The quantitative estimate of drug-likeness (QED) is 0.477. The first kappa shape index (κ1) is 22.6. The van der Waals surface area contributed by atoms with E-state index in [0.717, 1.165) is 11.3 Å². The van der Waals surface area contributed by atoms with Gasteiger partial charge in [-0.3, -0.25) is 4.98 Å². The van der Waals surface area contributed by atoms with Crippen LogP contribution in [0, 0.1) is 0 Å². The lowest BCUT2D eigenvalue weighted by atomic mass is 10.1. The monoisotopic (exact) mass is 412 g/mol. The summed E-state index contributed by atoms with van der Waals surface area (Å²) in [5.74, 6) is 1.27. The van der Waals surface area contributed by atoms with Crippen molar-refractivity contribution in [1.82, 2.24) is 9.97 Å². The molecule has 3 aromatic rings. The SMILES string of the molecule is COCCc1nc(OC)cc(N)c1N.COc1ccc(-c2nccc(N)c2N)cc1. The summed E-state index contributed by atoms with van der Waals surface area (Å²) in [6, 6.07) is 10.8. The van der Waals surface area contributed by atoms with Crippen LogP contribution in [-0.2, 0) is 11.2 Å². The zero-order valence-corrected chi connectivity index (χ0v) is 17.4. The van der Waals surface area contributed by atoms with Gasteiger partial charge in [0.2, 0.25) is 5.88 Å². The number of benzene rings is 1. The van der Waals surface area contributed by atoms with E-state index >= 15 is 0 Å². The van der Waals surface area contributed by atoms with Gasteiger partial charge in [0.1, 0.15) is 5.75 Å². The van der Waals surface area contributed by atoms with Crippen LogP contribution >= 0.6 is 0 Å². The summed E-state index contributed by atoms with van der Waals surface area (Å²) in [5, 5.41) is 0. The summed E-state index contributed by atoms with van der Waals surface area (Å²) in [6.45, 7) is 0.559. The van der Waals surface area contributed by atoms with Gasteiger partial charge < -0.3 is 37.1 Å². The molecule has 3 rings (SSSR count). The number of methoxy groups -OCH3 is 3. The molecule has 0 saturated carbocycles. The molecule has 0 amide bonds. The van der Waals surface area contributed by atoms with E-state index in [0.29, 0.717) is 53.0 Å². The van der Waals surface area contributed by atoms with Gasteiger partial charge in [0.15, 0.2) is 0 Å². The molecule has 0 fully saturated rings. The highest BCUT2D eigenvalue weighted by molar-refractivity contribution is 5.81. The van der Waals surface area contributed by atoms with Gasteiger partial charge in [-0.05, 0) is 30.3 Å². The molecular weight excluding hydrogens is 384 g/mol. The molecule has 0 aliphatic carbocycles. The Hall–Kier alpha value is -3.72. The van der Waals surface area contributed by atoms with E-state index in [2.05, 4.69) is 9.97 Å². The molecule has 0 aliphatic heterocycles. The second-order valence-electron chi connectivity index (χ2n) is 6.25. The molecule has 0 radical (unpaired) electrons. The number of nitrogen functional groups attached to an aromatic ring is 4. The summed E-state index contributed by atoms with van der Waals surface area (Å²) in [4.78, 5) is 8.40. The van der Waals surface area contributed by atoms with Crippen molar-refractivity contribution in [2.24, 2.45) is 0 Å². The lowest BCUT2D eigenvalue weighted by Crippen LogP contribution is -2.06. The predicted molar refractivity (Wildman–Crippen MR) is 120 cm³/mol. The van der Waals surface area contributed by atoms with Crippen molar-refractivity contribution in [2.75, 3.05) is 50.9 Å². The lowest BCUT2D eigenvalue weighted by Gasteiger charge is -2.09. The molecule has 0 spiro atoms. The molecule has 0 saturated heterocycles. The highest BCUT2D eigenvalue weighted by Crippen LogP contribution is 2.28. The van der Waals surface area contributed by atoms with Crippen molar-refractivity contribution in [3.8, 4) is 22.9 Å². The number of hydrogen-bond acceptors (Lipinski definition) is 9. The van der Waals surface area contributed by atoms with Gasteiger partial charge in [0.25, 0.3) is 0 Å². The van der Waals surface area contributed by atoms with Crippen LogP contribution in [0.1, 0.15) is 5.69 Å². The summed E-state index contributed by atoms with van der Waals surface area (Å²) < 4.78 is 15.0. The summed E-state index contributed by atoms with van der Waals surface area (Å²) in [7, 11) is 4.79. The molecule has 2 aromatic heterocycles. The van der Waals surface area contributed by atoms with E-state index in [4.69, 9.17) is 37.1 Å². The first-order valence-corrected chi connectivity index (χ1v) is 9.13. The second-order valence-corrected chi connectivity index (χ2v) is 6.25. The molecule has 0 aliphatic rings. The fraction of sp³-hybridized carbons (Fsp3) is 0.238. The van der Waals surface area contributed by atoms with Gasteiger partial charge in [-0.2, -0.15) is 0 Å². The molecule has 30 heavy (non-hydrogen) atoms. The topological polar surface area (TPSA) is 158 Å². The maximum atomic E-state index is 5.87.